The maximum atomic E-state index is 13.8. The van der Waals surface area contributed by atoms with Gasteiger partial charge in [0.05, 0.1) is 76.9 Å². The number of methoxy groups -OCH3 is 1. The number of benzene rings is 4. The van der Waals surface area contributed by atoms with Crippen LogP contribution < -0.4 is 24.3 Å². The average Bonchev–Trinajstić information content (AvgIpc) is 1.64. The summed E-state index contributed by atoms with van der Waals surface area (Å²) >= 11 is 0. The molecule has 0 atom stereocenters. The summed E-state index contributed by atoms with van der Waals surface area (Å²) in [5.74, 6) is 3.27. The van der Waals surface area contributed by atoms with Crippen molar-refractivity contribution in [3.05, 3.63) is 283 Å². The lowest BCUT2D eigenvalue weighted by Gasteiger charge is -2.35. The second-order valence-electron chi connectivity index (χ2n) is 31.3. The fourth-order valence-corrected chi connectivity index (χ4v) is 15.7. The highest BCUT2D eigenvalue weighted by molar-refractivity contribution is 5.80. The van der Waals surface area contributed by atoms with Gasteiger partial charge >= 0.3 is 0 Å². The van der Waals surface area contributed by atoms with E-state index in [0.717, 1.165) is 113 Å². The molecule has 10 aromatic heterocycles. The molecule has 4 aromatic carbocycles. The van der Waals surface area contributed by atoms with Crippen molar-refractivity contribution in [3.63, 3.8) is 0 Å². The maximum Gasteiger partial charge on any atom is 0.244 e. The van der Waals surface area contributed by atoms with Crippen LogP contribution in [0.2, 0.25) is 0 Å². The first-order valence-electron chi connectivity index (χ1n) is 43.2. The fourth-order valence-electron chi connectivity index (χ4n) is 15.7. The number of hydrogen-bond acceptors (Lipinski definition) is 23. The Bertz CT molecular complexity index is 6120. The number of ether oxygens (including phenoxy) is 1. The second-order valence-corrected chi connectivity index (χ2v) is 31.3. The minimum atomic E-state index is -0.365. The second kappa shape index (κ2) is 42.5. The molecule has 4 fully saturated rings. The Morgan fingerprint density at radius 1 is 0.354 bits per heavy atom. The molecule has 0 radical (unpaired) electrons. The van der Waals surface area contributed by atoms with Crippen molar-refractivity contribution in [1.82, 2.24) is 98.6 Å². The van der Waals surface area contributed by atoms with Crippen LogP contribution in [-0.4, -0.2) is 234 Å². The summed E-state index contributed by atoms with van der Waals surface area (Å²) in [5, 5.41) is 37.0. The minimum Gasteiger partial charge on any atom is -0.481 e. The zero-order chi connectivity index (χ0) is 90.4. The van der Waals surface area contributed by atoms with Gasteiger partial charge in [-0.2, -0.15) is 30.9 Å². The van der Waals surface area contributed by atoms with Crippen LogP contribution in [0.25, 0.3) is 67.8 Å². The Balaban J connectivity index is 0.000000133. The number of anilines is 4. The predicted molar refractivity (Wildman–Crippen MR) is 489 cm³/mol. The Morgan fingerprint density at radius 2 is 0.723 bits per heavy atom. The van der Waals surface area contributed by atoms with E-state index in [1.165, 1.54) is 18.7 Å². The van der Waals surface area contributed by atoms with Crippen LogP contribution in [0.4, 0.5) is 32.2 Å². The summed E-state index contributed by atoms with van der Waals surface area (Å²) in [6, 6.07) is 65.1. The standard InChI is InChI=1S/C26H26FN7O2.C26H25FN6O.C23H24N6O.C22H23N7O/c1-18-12-21(28-15-20(18)27)22-13-23(19-6-4-3-5-7-19)34(31-22)16-26(35)33-10-8-32(9-11-33)24-14-25(36-2)30-17-29-24;1-19-15-22(29-17-21(19)27)23-16-24(20-7-3-2-4-8-20)33(30-23)18-26(34)32-13-11-31(12-14-32)25-9-5-6-10-28-25;1-2-20-15-21(19-7-5-6-18(14-19)16-24)26-29(20)17-23(30)28-12-10-27(11-13-28)22-8-3-4-9-25-22;1-2-19-14-20(18-6-3-5-17(13-18)15-23)26-29(19)16-21(30)27-9-11-28(12-10-27)22-24-7-4-8-25-22/h3-7,12-15,17H,8-11,16H2,1-2H3;2-10,15-17H,11-14,18H2,1H3;3-9,14-15H,2,10-13,17H2,1H3;3-8,13-14H,2,9-12,16H2,1H3. The SMILES string of the molecule is CCc1cc(-c2cccc(C#N)c2)nn1CC(=O)N1CCN(c2ccccn2)CC1.CCc1cc(-c2cccc(C#N)c2)nn1CC(=O)N1CCN(c2ncccn2)CC1.COc1cc(N2CCN(C(=O)Cn3nc(-c4cc(C)c(F)cn4)cc3-c3ccccc3)CC2)ncn1.Cc1cc(-c2cc(-c3ccccc3)n(CC(=O)N3CCN(c4ccccn4)CC3)n2)ncc1F. The lowest BCUT2D eigenvalue weighted by Crippen LogP contribution is -2.50. The third-order valence-corrected chi connectivity index (χ3v) is 23.0. The Morgan fingerprint density at radius 3 is 1.10 bits per heavy atom. The van der Waals surface area contributed by atoms with E-state index in [0.29, 0.717) is 135 Å². The minimum absolute atomic E-state index is 0.00995. The van der Waals surface area contributed by atoms with E-state index in [-0.39, 0.29) is 61.4 Å². The number of hydrogen-bond donors (Lipinski definition) is 0. The van der Waals surface area contributed by atoms with Gasteiger partial charge < -0.3 is 43.9 Å². The number of nitrogens with zero attached hydrogens (tertiary/aromatic N) is 26. The van der Waals surface area contributed by atoms with Crippen LogP contribution in [0.3, 0.4) is 0 Å². The normalized spacial score (nSPS) is 13.8. The van der Waals surface area contributed by atoms with Gasteiger partial charge in [0.2, 0.25) is 35.5 Å². The number of carbonyl (C=O) groups excluding carboxylic acids is 4. The molecule has 130 heavy (non-hydrogen) atoms. The number of pyridine rings is 4. The molecule has 660 valence electrons. The van der Waals surface area contributed by atoms with E-state index in [2.05, 4.69) is 98.9 Å². The molecule has 4 saturated heterocycles. The van der Waals surface area contributed by atoms with E-state index in [4.69, 9.17) is 15.3 Å². The number of rotatable bonds is 21. The van der Waals surface area contributed by atoms with Gasteiger partial charge in [0.25, 0.3) is 0 Å². The lowest BCUT2D eigenvalue weighted by molar-refractivity contribution is -0.133. The first kappa shape index (κ1) is 89.0. The fraction of sp³-hybridized carbons (Fsp3) is 0.278. The van der Waals surface area contributed by atoms with Crippen molar-refractivity contribution < 1.29 is 32.7 Å². The zero-order valence-corrected chi connectivity index (χ0v) is 73.0. The van der Waals surface area contributed by atoms with Crippen LogP contribution in [0.1, 0.15) is 47.5 Å². The van der Waals surface area contributed by atoms with Gasteiger partial charge in [-0.25, -0.2) is 38.7 Å². The van der Waals surface area contributed by atoms with Gasteiger partial charge in [-0.15, -0.1) is 0 Å². The molecule has 4 aliphatic heterocycles. The van der Waals surface area contributed by atoms with Crippen molar-refractivity contribution in [3.8, 4) is 85.8 Å². The number of aromatic nitrogens is 16. The van der Waals surface area contributed by atoms with Crippen LogP contribution in [0, 0.1) is 48.1 Å². The van der Waals surface area contributed by atoms with Crippen LogP contribution in [0.5, 0.6) is 5.88 Å². The molecule has 18 rings (SSSR count). The largest absolute Gasteiger partial charge is 0.481 e. The molecule has 4 amide bonds. The van der Waals surface area contributed by atoms with Gasteiger partial charge in [0.1, 0.15) is 73.0 Å². The number of carbonyl (C=O) groups is 4. The molecule has 0 unspecified atom stereocenters. The van der Waals surface area contributed by atoms with E-state index in [9.17, 15) is 28.0 Å². The molecular weight excluding hydrogens is 1650 g/mol. The summed E-state index contributed by atoms with van der Waals surface area (Å²) in [6.07, 6.45) is 12.5. The highest BCUT2D eigenvalue weighted by Crippen LogP contribution is 2.31. The molecule has 14 aromatic rings. The number of aryl methyl sites for hydroxylation is 4. The van der Waals surface area contributed by atoms with Gasteiger partial charge in [0.15, 0.2) is 0 Å². The first-order chi connectivity index (χ1) is 63.4. The van der Waals surface area contributed by atoms with E-state index in [1.807, 2.05) is 184 Å². The van der Waals surface area contributed by atoms with Gasteiger partial charge in [-0.3, -0.25) is 47.9 Å². The Kier molecular flexibility index (Phi) is 29.1. The summed E-state index contributed by atoms with van der Waals surface area (Å²) in [4.78, 5) is 103. The van der Waals surface area contributed by atoms with E-state index >= 15 is 0 Å². The average molecular weight is 1750 g/mol. The molecule has 14 heterocycles. The van der Waals surface area contributed by atoms with Gasteiger partial charge in [0, 0.05) is 158 Å². The molecule has 0 bridgehead atoms. The molecular formula is C97H98F2N26O5. The van der Waals surface area contributed by atoms with Crippen molar-refractivity contribution in [2.45, 2.75) is 66.7 Å². The van der Waals surface area contributed by atoms with Crippen LogP contribution in [-0.2, 0) is 58.2 Å². The van der Waals surface area contributed by atoms with Crippen LogP contribution in [0.15, 0.2) is 238 Å². The highest BCUT2D eigenvalue weighted by atomic mass is 19.1. The highest BCUT2D eigenvalue weighted by Gasteiger charge is 2.30. The monoisotopic (exact) mass is 1740 g/mol. The molecule has 0 aliphatic carbocycles. The molecule has 0 spiro atoms. The summed E-state index contributed by atoms with van der Waals surface area (Å²) < 4.78 is 39.7. The van der Waals surface area contributed by atoms with E-state index < -0.39 is 0 Å². The van der Waals surface area contributed by atoms with E-state index in [1.54, 1.807) is 101 Å². The lowest BCUT2D eigenvalue weighted by atomic mass is 10.1. The first-order valence-corrected chi connectivity index (χ1v) is 43.2. The molecule has 31 nitrogen and oxygen atoms in total. The molecule has 33 heteroatoms. The number of amides is 4. The van der Waals surface area contributed by atoms with Gasteiger partial charge in [-0.1, -0.05) is 111 Å². The van der Waals surface area contributed by atoms with Crippen molar-refractivity contribution in [2.75, 3.05) is 131 Å². The molecule has 0 saturated carbocycles. The number of piperazine rings is 4. The summed E-state index contributed by atoms with van der Waals surface area (Å²) in [5.41, 5.74) is 13.4. The predicted octanol–water partition coefficient (Wildman–Crippen LogP) is 11.9. The van der Waals surface area contributed by atoms with Crippen molar-refractivity contribution >= 4 is 47.0 Å². The zero-order valence-electron chi connectivity index (χ0n) is 73.0. The number of nitriles is 2. The van der Waals surface area contributed by atoms with Crippen molar-refractivity contribution in [1.29, 1.82) is 10.5 Å². The summed E-state index contributed by atoms with van der Waals surface area (Å²) in [7, 11) is 1.57. The summed E-state index contributed by atoms with van der Waals surface area (Å²) in [6.45, 7) is 18.9. The topological polar surface area (TPSA) is 325 Å². The third-order valence-electron chi connectivity index (χ3n) is 23.0. The third kappa shape index (κ3) is 22.2. The Labute approximate surface area is 751 Å². The molecule has 4 aliphatic rings. The maximum absolute atomic E-state index is 13.8. The number of halogens is 2. The van der Waals surface area contributed by atoms with Gasteiger partial charge in [-0.05, 0) is 140 Å². The van der Waals surface area contributed by atoms with Crippen LogP contribution >= 0.6 is 0 Å². The Hall–Kier alpha value is -15.8. The molecule has 0 N–H and O–H groups in total. The smallest absolute Gasteiger partial charge is 0.244 e. The van der Waals surface area contributed by atoms with Crippen molar-refractivity contribution in [2.24, 2.45) is 0 Å². The quantitative estimate of drug-likeness (QED) is 0.0645.